The average molecular weight is 309 g/mol. The highest BCUT2D eigenvalue weighted by Crippen LogP contribution is 2.08. The highest BCUT2D eigenvalue weighted by atomic mass is 16.4. The SMILES string of the molecule is CCCCCCC/C=C/C/C=C/CCCCCCCC(=O)O. The fraction of sp³-hybridized carbons (Fsp3) is 0.750. The van der Waals surface area contributed by atoms with Gasteiger partial charge in [0.05, 0.1) is 0 Å². The van der Waals surface area contributed by atoms with E-state index in [-0.39, 0.29) is 0 Å². The number of unbranched alkanes of at least 4 members (excludes halogenated alkanes) is 10. The van der Waals surface area contributed by atoms with E-state index in [1.54, 1.807) is 0 Å². The Labute approximate surface area is 137 Å². The minimum Gasteiger partial charge on any atom is -0.481 e. The number of aliphatic carboxylic acids is 1. The van der Waals surface area contributed by atoms with Crippen molar-refractivity contribution in [2.45, 2.75) is 96.8 Å². The van der Waals surface area contributed by atoms with Crippen molar-refractivity contribution in [1.82, 2.24) is 0 Å². The first-order valence-electron chi connectivity index (χ1n) is 9.29. The van der Waals surface area contributed by atoms with Gasteiger partial charge in [-0.1, -0.05) is 76.2 Å². The van der Waals surface area contributed by atoms with E-state index in [0.29, 0.717) is 6.42 Å². The van der Waals surface area contributed by atoms with Gasteiger partial charge in [0.15, 0.2) is 0 Å². The second-order valence-corrected chi connectivity index (χ2v) is 6.08. The molecule has 0 amide bonds. The maximum atomic E-state index is 10.3. The van der Waals surface area contributed by atoms with E-state index in [2.05, 4.69) is 31.2 Å². The van der Waals surface area contributed by atoms with E-state index < -0.39 is 5.97 Å². The van der Waals surface area contributed by atoms with Gasteiger partial charge in [0.1, 0.15) is 0 Å². The molecule has 128 valence electrons. The lowest BCUT2D eigenvalue weighted by molar-refractivity contribution is -0.137. The normalized spacial score (nSPS) is 11.7. The Morgan fingerprint density at radius 1 is 0.727 bits per heavy atom. The number of carboxylic acid groups (broad SMARTS) is 1. The predicted molar refractivity (Wildman–Crippen MR) is 96.2 cm³/mol. The molecule has 0 spiro atoms. The largest absolute Gasteiger partial charge is 0.481 e. The van der Waals surface area contributed by atoms with E-state index in [4.69, 9.17) is 5.11 Å². The van der Waals surface area contributed by atoms with Crippen LogP contribution < -0.4 is 0 Å². The summed E-state index contributed by atoms with van der Waals surface area (Å²) in [6.45, 7) is 2.26. The quantitative estimate of drug-likeness (QED) is 0.255. The summed E-state index contributed by atoms with van der Waals surface area (Å²) in [5.41, 5.74) is 0. The number of carbonyl (C=O) groups is 1. The van der Waals surface area contributed by atoms with Crippen LogP contribution in [0.1, 0.15) is 96.8 Å². The van der Waals surface area contributed by atoms with Crippen molar-refractivity contribution in [2.75, 3.05) is 0 Å². The Kier molecular flexibility index (Phi) is 17.1. The van der Waals surface area contributed by atoms with Crippen LogP contribution in [0.3, 0.4) is 0 Å². The van der Waals surface area contributed by atoms with Gasteiger partial charge in [-0.3, -0.25) is 4.79 Å². The van der Waals surface area contributed by atoms with Gasteiger partial charge in [0.2, 0.25) is 0 Å². The average Bonchev–Trinajstić information content (AvgIpc) is 2.50. The molecule has 0 aliphatic rings. The monoisotopic (exact) mass is 308 g/mol. The molecule has 0 rings (SSSR count). The first kappa shape index (κ1) is 20.9. The molecule has 2 nitrogen and oxygen atoms in total. The third-order valence-electron chi connectivity index (χ3n) is 3.84. The summed E-state index contributed by atoms with van der Waals surface area (Å²) in [4.78, 5) is 10.3. The standard InChI is InChI=1S/C20H36O2/c1-2-3-4-5-6-7-8-9-10-11-12-13-14-15-16-17-18-19-20(21)22/h8-9,11-12H,2-7,10,13-19H2,1H3,(H,21,22)/b9-8+,12-11+. The molecule has 0 radical (unpaired) electrons. The molecule has 0 atom stereocenters. The maximum Gasteiger partial charge on any atom is 0.303 e. The lowest BCUT2D eigenvalue weighted by Crippen LogP contribution is -1.93. The van der Waals surface area contributed by atoms with Crippen molar-refractivity contribution < 1.29 is 9.90 Å². The van der Waals surface area contributed by atoms with E-state index >= 15 is 0 Å². The topological polar surface area (TPSA) is 37.3 Å². The highest BCUT2D eigenvalue weighted by molar-refractivity contribution is 5.66. The van der Waals surface area contributed by atoms with Gasteiger partial charge < -0.3 is 5.11 Å². The second kappa shape index (κ2) is 18.0. The van der Waals surface area contributed by atoms with Crippen molar-refractivity contribution in [3.05, 3.63) is 24.3 Å². The zero-order valence-corrected chi connectivity index (χ0v) is 14.6. The summed E-state index contributed by atoms with van der Waals surface area (Å²) >= 11 is 0. The van der Waals surface area contributed by atoms with Crippen LogP contribution in [0.4, 0.5) is 0 Å². The van der Waals surface area contributed by atoms with E-state index in [1.807, 2.05) is 0 Å². The summed E-state index contributed by atoms with van der Waals surface area (Å²) < 4.78 is 0. The smallest absolute Gasteiger partial charge is 0.303 e. The van der Waals surface area contributed by atoms with Gasteiger partial charge in [-0.15, -0.1) is 0 Å². The maximum absolute atomic E-state index is 10.3. The summed E-state index contributed by atoms with van der Waals surface area (Å²) in [5.74, 6) is -0.669. The highest BCUT2D eigenvalue weighted by Gasteiger charge is 1.95. The molecule has 0 unspecified atom stereocenters. The number of hydrogen-bond donors (Lipinski definition) is 1. The first-order valence-corrected chi connectivity index (χ1v) is 9.29. The number of hydrogen-bond acceptors (Lipinski definition) is 1. The fourth-order valence-electron chi connectivity index (χ4n) is 2.44. The van der Waals surface area contributed by atoms with Crippen LogP contribution in [0.5, 0.6) is 0 Å². The molecule has 0 saturated heterocycles. The third kappa shape index (κ3) is 18.9. The van der Waals surface area contributed by atoms with Gasteiger partial charge >= 0.3 is 5.97 Å². The zero-order chi connectivity index (χ0) is 16.3. The predicted octanol–water partition coefficient (Wildman–Crippen LogP) is 6.66. The Hall–Kier alpha value is -1.05. The van der Waals surface area contributed by atoms with Crippen molar-refractivity contribution in [3.63, 3.8) is 0 Å². The molecule has 0 aromatic carbocycles. The third-order valence-corrected chi connectivity index (χ3v) is 3.84. The van der Waals surface area contributed by atoms with Crippen molar-refractivity contribution in [2.24, 2.45) is 0 Å². The Morgan fingerprint density at radius 3 is 1.77 bits per heavy atom. The molecule has 0 bridgehead atoms. The van der Waals surface area contributed by atoms with Crippen LogP contribution in [0.2, 0.25) is 0 Å². The molecule has 2 heteroatoms. The van der Waals surface area contributed by atoms with Crippen LogP contribution in [0.25, 0.3) is 0 Å². The molecule has 0 heterocycles. The molecule has 0 aliphatic heterocycles. The second-order valence-electron chi connectivity index (χ2n) is 6.08. The van der Waals surface area contributed by atoms with Crippen LogP contribution in [0, 0.1) is 0 Å². The molecule has 0 saturated carbocycles. The molecule has 0 aliphatic carbocycles. The van der Waals surface area contributed by atoms with Gasteiger partial charge in [-0.25, -0.2) is 0 Å². The number of carboxylic acids is 1. The van der Waals surface area contributed by atoms with E-state index in [1.165, 1.54) is 57.8 Å². The lowest BCUT2D eigenvalue weighted by Gasteiger charge is -1.98. The number of allylic oxidation sites excluding steroid dienone is 4. The Morgan fingerprint density at radius 2 is 1.23 bits per heavy atom. The van der Waals surface area contributed by atoms with Crippen LogP contribution >= 0.6 is 0 Å². The number of rotatable bonds is 16. The fourth-order valence-corrected chi connectivity index (χ4v) is 2.44. The van der Waals surface area contributed by atoms with Gasteiger partial charge in [-0.05, 0) is 38.5 Å². The molecule has 0 aromatic rings. The molecular formula is C20H36O2. The van der Waals surface area contributed by atoms with Crippen molar-refractivity contribution in [3.8, 4) is 0 Å². The zero-order valence-electron chi connectivity index (χ0n) is 14.6. The summed E-state index contributed by atoms with van der Waals surface area (Å²) in [6, 6.07) is 0. The van der Waals surface area contributed by atoms with E-state index in [0.717, 1.165) is 25.7 Å². The van der Waals surface area contributed by atoms with E-state index in [9.17, 15) is 4.79 Å². The molecule has 22 heavy (non-hydrogen) atoms. The van der Waals surface area contributed by atoms with Gasteiger partial charge in [0, 0.05) is 6.42 Å². The molecule has 0 fully saturated rings. The summed E-state index contributed by atoms with van der Waals surface area (Å²) in [6.07, 6.45) is 25.2. The van der Waals surface area contributed by atoms with Crippen molar-refractivity contribution in [1.29, 1.82) is 0 Å². The first-order chi connectivity index (χ1) is 10.8. The Bertz CT molecular complexity index is 292. The van der Waals surface area contributed by atoms with Gasteiger partial charge in [0.25, 0.3) is 0 Å². The van der Waals surface area contributed by atoms with Crippen LogP contribution in [-0.4, -0.2) is 11.1 Å². The minimum atomic E-state index is -0.669. The van der Waals surface area contributed by atoms with Crippen LogP contribution in [0.15, 0.2) is 24.3 Å². The molecule has 1 N–H and O–H groups in total. The summed E-state index contributed by atoms with van der Waals surface area (Å²) in [7, 11) is 0. The summed E-state index contributed by atoms with van der Waals surface area (Å²) in [5, 5.41) is 8.52. The van der Waals surface area contributed by atoms with Gasteiger partial charge in [-0.2, -0.15) is 0 Å². The van der Waals surface area contributed by atoms with Crippen LogP contribution in [-0.2, 0) is 4.79 Å². The molecular weight excluding hydrogens is 272 g/mol. The van der Waals surface area contributed by atoms with Crippen molar-refractivity contribution >= 4 is 5.97 Å². The lowest BCUT2D eigenvalue weighted by atomic mass is 10.1. The minimum absolute atomic E-state index is 0.324. The molecule has 0 aromatic heterocycles. The Balaban J connectivity index is 3.18.